The molecule has 7 heteroatoms. The van der Waals surface area contributed by atoms with Crippen molar-refractivity contribution in [2.75, 3.05) is 0 Å². The summed E-state index contributed by atoms with van der Waals surface area (Å²) in [6.07, 6.45) is 2.05. The van der Waals surface area contributed by atoms with Crippen LogP contribution in [-0.4, -0.2) is 27.6 Å². The average molecular weight is 392 g/mol. The number of nitrogens with one attached hydrogen (secondary N) is 2. The third kappa shape index (κ3) is 4.03. The maximum absolute atomic E-state index is 13.7. The second-order valence-electron chi connectivity index (χ2n) is 7.19. The Bertz CT molecular complexity index is 1060. The molecule has 1 aromatic heterocycles. The number of carbonyl (C=O) groups excluding carboxylic acids is 2. The summed E-state index contributed by atoms with van der Waals surface area (Å²) < 4.78 is 15.5. The summed E-state index contributed by atoms with van der Waals surface area (Å²) in [5.41, 5.74) is 3.09. The lowest BCUT2D eigenvalue weighted by molar-refractivity contribution is 0.0934. The van der Waals surface area contributed by atoms with Crippen molar-refractivity contribution in [3.63, 3.8) is 0 Å². The fourth-order valence-electron chi connectivity index (χ4n) is 3.45. The van der Waals surface area contributed by atoms with Crippen molar-refractivity contribution in [2.24, 2.45) is 0 Å². The number of benzene rings is 2. The lowest BCUT2D eigenvalue weighted by Gasteiger charge is -2.12. The van der Waals surface area contributed by atoms with E-state index in [1.54, 1.807) is 29.9 Å². The first-order chi connectivity index (χ1) is 14.0. The van der Waals surface area contributed by atoms with Gasteiger partial charge in [0, 0.05) is 18.5 Å². The SMILES string of the molecule is Cc1ccc(C(=O)NC2Cc3c(C(=O)NCc4ccccc4)cnn3C2)cc1F. The van der Waals surface area contributed by atoms with Gasteiger partial charge in [0.2, 0.25) is 0 Å². The normalized spacial score (nSPS) is 15.0. The first-order valence-electron chi connectivity index (χ1n) is 9.45. The van der Waals surface area contributed by atoms with E-state index in [2.05, 4.69) is 15.7 Å². The predicted octanol–water partition coefficient (Wildman–Crippen LogP) is 2.62. The highest BCUT2D eigenvalue weighted by molar-refractivity contribution is 5.96. The minimum Gasteiger partial charge on any atom is -0.348 e. The molecule has 0 spiro atoms. The number of carbonyl (C=O) groups is 2. The molecule has 1 unspecified atom stereocenters. The molecule has 4 rings (SSSR count). The third-order valence-corrected chi connectivity index (χ3v) is 5.09. The lowest BCUT2D eigenvalue weighted by atomic mass is 10.1. The Hall–Kier alpha value is -3.48. The fourth-order valence-corrected chi connectivity index (χ4v) is 3.45. The minimum atomic E-state index is -0.408. The Balaban J connectivity index is 1.38. The van der Waals surface area contributed by atoms with Crippen molar-refractivity contribution < 1.29 is 14.0 Å². The van der Waals surface area contributed by atoms with Crippen LogP contribution in [0, 0.1) is 12.7 Å². The molecule has 1 aliphatic heterocycles. The Kier molecular flexibility index (Phi) is 5.12. The van der Waals surface area contributed by atoms with Crippen molar-refractivity contribution >= 4 is 11.8 Å². The molecule has 2 N–H and O–H groups in total. The van der Waals surface area contributed by atoms with E-state index in [0.29, 0.717) is 30.6 Å². The quantitative estimate of drug-likeness (QED) is 0.701. The zero-order chi connectivity index (χ0) is 20.4. The fraction of sp³-hybridized carbons (Fsp3) is 0.227. The van der Waals surface area contributed by atoms with Gasteiger partial charge in [-0.3, -0.25) is 14.3 Å². The van der Waals surface area contributed by atoms with Gasteiger partial charge in [-0.2, -0.15) is 5.10 Å². The van der Waals surface area contributed by atoms with Crippen LogP contribution in [0.25, 0.3) is 0 Å². The van der Waals surface area contributed by atoms with Crippen LogP contribution in [0.15, 0.2) is 54.7 Å². The molecule has 148 valence electrons. The van der Waals surface area contributed by atoms with E-state index < -0.39 is 5.82 Å². The van der Waals surface area contributed by atoms with Crippen molar-refractivity contribution in [2.45, 2.75) is 32.5 Å². The van der Waals surface area contributed by atoms with Gasteiger partial charge in [-0.15, -0.1) is 0 Å². The van der Waals surface area contributed by atoms with Crippen LogP contribution < -0.4 is 10.6 Å². The molecule has 6 nitrogen and oxygen atoms in total. The number of nitrogens with zero attached hydrogens (tertiary/aromatic N) is 2. The molecule has 29 heavy (non-hydrogen) atoms. The van der Waals surface area contributed by atoms with Crippen LogP contribution in [-0.2, 0) is 19.5 Å². The molecule has 1 atom stereocenters. The summed E-state index contributed by atoms with van der Waals surface area (Å²) in [6, 6.07) is 13.9. The maximum Gasteiger partial charge on any atom is 0.255 e. The zero-order valence-electron chi connectivity index (χ0n) is 16.0. The van der Waals surface area contributed by atoms with Gasteiger partial charge in [-0.25, -0.2) is 4.39 Å². The number of halogens is 1. The second-order valence-corrected chi connectivity index (χ2v) is 7.19. The number of aromatic nitrogens is 2. The monoisotopic (exact) mass is 392 g/mol. The van der Waals surface area contributed by atoms with Crippen molar-refractivity contribution in [1.29, 1.82) is 0 Å². The molecule has 2 amide bonds. The summed E-state index contributed by atoms with van der Waals surface area (Å²) in [6.45, 7) is 2.56. The maximum atomic E-state index is 13.7. The Labute approximate surface area is 167 Å². The summed E-state index contributed by atoms with van der Waals surface area (Å²) in [7, 11) is 0. The van der Waals surface area contributed by atoms with Gasteiger partial charge in [0.25, 0.3) is 11.8 Å². The van der Waals surface area contributed by atoms with E-state index in [4.69, 9.17) is 0 Å². The van der Waals surface area contributed by atoms with Crippen molar-refractivity contribution in [3.05, 3.63) is 88.5 Å². The van der Waals surface area contributed by atoms with Gasteiger partial charge in [0.05, 0.1) is 30.0 Å². The van der Waals surface area contributed by atoms with Gasteiger partial charge >= 0.3 is 0 Å². The summed E-state index contributed by atoms with van der Waals surface area (Å²) in [5, 5.41) is 10.1. The number of aryl methyl sites for hydroxylation is 1. The van der Waals surface area contributed by atoms with Gasteiger partial charge in [0.15, 0.2) is 0 Å². The number of hydrogen-bond acceptors (Lipinski definition) is 3. The molecular formula is C22H21FN4O2. The second kappa shape index (κ2) is 7.87. The van der Waals surface area contributed by atoms with Gasteiger partial charge in [0.1, 0.15) is 5.82 Å². The molecule has 0 aliphatic carbocycles. The van der Waals surface area contributed by atoms with E-state index >= 15 is 0 Å². The molecule has 0 fully saturated rings. The van der Waals surface area contributed by atoms with Crippen LogP contribution in [0.2, 0.25) is 0 Å². The molecule has 2 aromatic carbocycles. The summed E-state index contributed by atoms with van der Waals surface area (Å²) in [5.74, 6) is -0.938. The molecule has 3 aromatic rings. The summed E-state index contributed by atoms with van der Waals surface area (Å²) in [4.78, 5) is 25.0. The Morgan fingerprint density at radius 1 is 1.17 bits per heavy atom. The molecule has 2 heterocycles. The Morgan fingerprint density at radius 2 is 1.97 bits per heavy atom. The standard InChI is InChI=1S/C22H21FN4O2/c1-14-7-8-16(9-19(14)23)21(28)26-17-10-20-18(12-25-27(20)13-17)22(29)24-11-15-5-3-2-4-6-15/h2-9,12,17H,10-11,13H2,1H3,(H,24,29)(H,26,28). The van der Waals surface area contributed by atoms with Gasteiger partial charge < -0.3 is 10.6 Å². The Morgan fingerprint density at radius 3 is 2.72 bits per heavy atom. The van der Waals surface area contributed by atoms with Crippen molar-refractivity contribution in [3.8, 4) is 0 Å². The van der Waals surface area contributed by atoms with E-state index in [-0.39, 0.29) is 23.4 Å². The summed E-state index contributed by atoms with van der Waals surface area (Å²) >= 11 is 0. The topological polar surface area (TPSA) is 76.0 Å². The first-order valence-corrected chi connectivity index (χ1v) is 9.45. The highest BCUT2D eigenvalue weighted by Crippen LogP contribution is 2.20. The van der Waals surface area contributed by atoms with Crippen molar-refractivity contribution in [1.82, 2.24) is 20.4 Å². The van der Waals surface area contributed by atoms with E-state index in [0.717, 1.165) is 11.3 Å². The van der Waals surface area contributed by atoms with Crippen LogP contribution in [0.5, 0.6) is 0 Å². The molecule has 0 bridgehead atoms. The van der Waals surface area contributed by atoms with E-state index in [9.17, 15) is 14.0 Å². The molecular weight excluding hydrogens is 371 g/mol. The zero-order valence-corrected chi connectivity index (χ0v) is 16.0. The van der Waals surface area contributed by atoms with Gasteiger partial charge in [-0.1, -0.05) is 36.4 Å². The first kappa shape index (κ1) is 18.9. The molecule has 0 radical (unpaired) electrons. The van der Waals surface area contributed by atoms with Gasteiger partial charge in [-0.05, 0) is 30.2 Å². The number of amides is 2. The highest BCUT2D eigenvalue weighted by Gasteiger charge is 2.29. The van der Waals surface area contributed by atoms with Crippen LogP contribution in [0.4, 0.5) is 4.39 Å². The predicted molar refractivity (Wildman–Crippen MR) is 106 cm³/mol. The third-order valence-electron chi connectivity index (χ3n) is 5.09. The largest absolute Gasteiger partial charge is 0.348 e. The highest BCUT2D eigenvalue weighted by atomic mass is 19.1. The van der Waals surface area contributed by atoms with Crippen LogP contribution in [0.3, 0.4) is 0 Å². The molecule has 0 saturated heterocycles. The number of fused-ring (bicyclic) bond motifs is 1. The number of rotatable bonds is 5. The molecule has 0 saturated carbocycles. The average Bonchev–Trinajstić information content (AvgIpc) is 3.29. The van der Waals surface area contributed by atoms with Crippen LogP contribution in [0.1, 0.15) is 37.5 Å². The minimum absolute atomic E-state index is 0.192. The van der Waals surface area contributed by atoms with E-state index in [1.165, 1.54) is 6.07 Å². The van der Waals surface area contributed by atoms with Crippen LogP contribution >= 0.6 is 0 Å². The smallest absolute Gasteiger partial charge is 0.255 e. The molecule has 1 aliphatic rings. The lowest BCUT2D eigenvalue weighted by Crippen LogP contribution is -2.36. The number of hydrogen-bond donors (Lipinski definition) is 2. The van der Waals surface area contributed by atoms with E-state index in [1.807, 2.05) is 30.3 Å².